The van der Waals surface area contributed by atoms with Crippen LogP contribution in [0.25, 0.3) is 0 Å². The van der Waals surface area contributed by atoms with E-state index in [1.807, 2.05) is 18.2 Å². The van der Waals surface area contributed by atoms with Crippen molar-refractivity contribution in [1.29, 1.82) is 5.26 Å². The average Bonchev–Trinajstić information content (AvgIpc) is 2.61. The van der Waals surface area contributed by atoms with Crippen LogP contribution >= 0.6 is 0 Å². The number of para-hydroxylation sites is 1. The van der Waals surface area contributed by atoms with E-state index in [0.29, 0.717) is 18.5 Å². The summed E-state index contributed by atoms with van der Waals surface area (Å²) in [7, 11) is 0. The smallest absolute Gasteiger partial charge is 0.189 e. The fourth-order valence-corrected chi connectivity index (χ4v) is 3.42. The summed E-state index contributed by atoms with van der Waals surface area (Å²) in [6.07, 6.45) is 5.04. The van der Waals surface area contributed by atoms with Crippen LogP contribution in [0.15, 0.2) is 29.3 Å². The van der Waals surface area contributed by atoms with Crippen LogP contribution in [0.2, 0.25) is 0 Å². The summed E-state index contributed by atoms with van der Waals surface area (Å²) in [5.41, 5.74) is 7.22. The van der Waals surface area contributed by atoms with Crippen molar-refractivity contribution in [2.45, 2.75) is 38.1 Å². The molecule has 5 heteroatoms. The van der Waals surface area contributed by atoms with Crippen LogP contribution in [0.4, 0.5) is 0 Å². The Labute approximate surface area is 137 Å². The third kappa shape index (κ3) is 3.95. The van der Waals surface area contributed by atoms with Crippen molar-refractivity contribution in [3.8, 4) is 11.8 Å². The SMILES string of the molecule is N#CC1CCC(CN=C(N)NC2CCOc3ccccc32)CC1. The van der Waals surface area contributed by atoms with E-state index in [0.717, 1.165) is 50.0 Å². The lowest BCUT2D eigenvalue weighted by Gasteiger charge is -2.27. The molecule has 23 heavy (non-hydrogen) atoms. The van der Waals surface area contributed by atoms with Gasteiger partial charge >= 0.3 is 0 Å². The number of rotatable bonds is 3. The van der Waals surface area contributed by atoms with Gasteiger partial charge in [0.15, 0.2) is 5.96 Å². The highest BCUT2D eigenvalue weighted by molar-refractivity contribution is 5.78. The minimum Gasteiger partial charge on any atom is -0.493 e. The maximum Gasteiger partial charge on any atom is 0.189 e. The number of fused-ring (bicyclic) bond motifs is 1. The minimum absolute atomic E-state index is 0.165. The van der Waals surface area contributed by atoms with Gasteiger partial charge in [0.2, 0.25) is 0 Å². The van der Waals surface area contributed by atoms with Crippen molar-refractivity contribution in [3.63, 3.8) is 0 Å². The van der Waals surface area contributed by atoms with E-state index in [2.05, 4.69) is 22.4 Å². The van der Waals surface area contributed by atoms with Crippen LogP contribution in [-0.4, -0.2) is 19.1 Å². The molecule has 1 aromatic rings. The Morgan fingerprint density at radius 2 is 2.04 bits per heavy atom. The van der Waals surface area contributed by atoms with Gasteiger partial charge in [-0.25, -0.2) is 0 Å². The van der Waals surface area contributed by atoms with E-state index in [9.17, 15) is 0 Å². The third-order valence-corrected chi connectivity index (χ3v) is 4.83. The molecule has 1 atom stereocenters. The van der Waals surface area contributed by atoms with Gasteiger partial charge in [0.05, 0.1) is 18.7 Å². The van der Waals surface area contributed by atoms with Crippen LogP contribution in [-0.2, 0) is 0 Å². The lowest BCUT2D eigenvalue weighted by Crippen LogP contribution is -2.37. The molecule has 1 heterocycles. The number of hydrogen-bond donors (Lipinski definition) is 2. The van der Waals surface area contributed by atoms with Gasteiger partial charge in [0, 0.05) is 24.4 Å². The second-order valence-corrected chi connectivity index (χ2v) is 6.44. The molecule has 0 aromatic heterocycles. The summed E-state index contributed by atoms with van der Waals surface area (Å²) in [5.74, 6) is 2.24. The van der Waals surface area contributed by atoms with Crippen LogP contribution < -0.4 is 15.8 Å². The second kappa shape index (κ2) is 7.36. The fourth-order valence-electron chi connectivity index (χ4n) is 3.42. The number of ether oxygens (including phenoxy) is 1. The zero-order chi connectivity index (χ0) is 16.1. The molecule has 0 spiro atoms. The molecule has 0 radical (unpaired) electrons. The van der Waals surface area contributed by atoms with Crippen LogP contribution in [0.3, 0.4) is 0 Å². The van der Waals surface area contributed by atoms with Gasteiger partial charge in [0.1, 0.15) is 5.75 Å². The molecule has 2 aliphatic rings. The van der Waals surface area contributed by atoms with E-state index in [1.165, 1.54) is 0 Å². The number of nitriles is 1. The molecule has 3 rings (SSSR count). The lowest BCUT2D eigenvalue weighted by atomic mass is 9.83. The van der Waals surface area contributed by atoms with Crippen molar-refractivity contribution in [1.82, 2.24) is 5.32 Å². The molecule has 1 saturated carbocycles. The number of nitrogens with zero attached hydrogens (tertiary/aromatic N) is 2. The van der Waals surface area contributed by atoms with Crippen molar-refractivity contribution >= 4 is 5.96 Å². The quantitative estimate of drug-likeness (QED) is 0.664. The maximum atomic E-state index is 8.94. The van der Waals surface area contributed by atoms with Crippen molar-refractivity contribution in [3.05, 3.63) is 29.8 Å². The number of aliphatic imine (C=N–C) groups is 1. The van der Waals surface area contributed by atoms with Gasteiger partial charge in [-0.15, -0.1) is 0 Å². The summed E-state index contributed by atoms with van der Waals surface area (Å²) in [6, 6.07) is 10.6. The Hall–Kier alpha value is -2.22. The van der Waals surface area contributed by atoms with E-state index < -0.39 is 0 Å². The number of nitrogens with one attached hydrogen (secondary N) is 1. The molecule has 0 saturated heterocycles. The normalized spacial score (nSPS) is 27.4. The predicted molar refractivity (Wildman–Crippen MR) is 90.0 cm³/mol. The molecule has 0 amide bonds. The van der Waals surface area contributed by atoms with Gasteiger partial charge in [-0.3, -0.25) is 4.99 Å². The largest absolute Gasteiger partial charge is 0.493 e. The third-order valence-electron chi connectivity index (χ3n) is 4.83. The van der Waals surface area contributed by atoms with Crippen molar-refractivity contribution in [2.24, 2.45) is 22.6 Å². The molecular formula is C18H24N4O. The summed E-state index contributed by atoms with van der Waals surface area (Å²) in [4.78, 5) is 4.53. The monoisotopic (exact) mass is 312 g/mol. The lowest BCUT2D eigenvalue weighted by molar-refractivity contribution is 0.262. The highest BCUT2D eigenvalue weighted by Gasteiger charge is 2.22. The maximum absolute atomic E-state index is 8.94. The van der Waals surface area contributed by atoms with Gasteiger partial charge in [-0.1, -0.05) is 18.2 Å². The first-order valence-electron chi connectivity index (χ1n) is 8.44. The first kappa shape index (κ1) is 15.7. The van der Waals surface area contributed by atoms with Gasteiger partial charge in [-0.05, 0) is 37.7 Å². The first-order valence-corrected chi connectivity index (χ1v) is 8.44. The summed E-state index contributed by atoms with van der Waals surface area (Å²) >= 11 is 0. The van der Waals surface area contributed by atoms with E-state index in [4.69, 9.17) is 15.7 Å². The molecular weight excluding hydrogens is 288 g/mol. The van der Waals surface area contributed by atoms with Gasteiger partial charge < -0.3 is 15.8 Å². The number of guanidine groups is 1. The molecule has 0 bridgehead atoms. The van der Waals surface area contributed by atoms with Gasteiger partial charge in [-0.2, -0.15) is 5.26 Å². The number of hydrogen-bond acceptors (Lipinski definition) is 3. The number of nitrogens with two attached hydrogens (primary N) is 1. The van der Waals surface area contributed by atoms with E-state index >= 15 is 0 Å². The average molecular weight is 312 g/mol. The highest BCUT2D eigenvalue weighted by Crippen LogP contribution is 2.31. The van der Waals surface area contributed by atoms with Crippen LogP contribution in [0.5, 0.6) is 5.75 Å². The summed E-state index contributed by atoms with van der Waals surface area (Å²) < 4.78 is 5.66. The molecule has 1 aliphatic carbocycles. The Kier molecular flexibility index (Phi) is 5.02. The Morgan fingerprint density at radius 3 is 2.83 bits per heavy atom. The molecule has 1 aliphatic heterocycles. The van der Waals surface area contributed by atoms with Crippen molar-refractivity contribution in [2.75, 3.05) is 13.2 Å². The topological polar surface area (TPSA) is 83.4 Å². The zero-order valence-corrected chi connectivity index (χ0v) is 13.4. The minimum atomic E-state index is 0.165. The Bertz CT molecular complexity index is 599. The number of benzene rings is 1. The molecule has 1 unspecified atom stereocenters. The molecule has 1 aromatic carbocycles. The Balaban J connectivity index is 1.54. The molecule has 1 fully saturated rings. The van der Waals surface area contributed by atoms with Gasteiger partial charge in [0.25, 0.3) is 0 Å². The highest BCUT2D eigenvalue weighted by atomic mass is 16.5. The predicted octanol–water partition coefficient (Wildman–Crippen LogP) is 2.74. The summed E-state index contributed by atoms with van der Waals surface area (Å²) in [5, 5.41) is 12.3. The van der Waals surface area contributed by atoms with Crippen LogP contribution in [0, 0.1) is 23.2 Å². The van der Waals surface area contributed by atoms with Crippen LogP contribution in [0.1, 0.15) is 43.7 Å². The zero-order valence-electron chi connectivity index (χ0n) is 13.4. The molecule has 122 valence electrons. The second-order valence-electron chi connectivity index (χ2n) is 6.44. The fraction of sp³-hybridized carbons (Fsp3) is 0.556. The van der Waals surface area contributed by atoms with E-state index in [1.54, 1.807) is 0 Å². The van der Waals surface area contributed by atoms with E-state index in [-0.39, 0.29) is 12.0 Å². The Morgan fingerprint density at radius 1 is 1.26 bits per heavy atom. The molecule has 5 nitrogen and oxygen atoms in total. The summed E-state index contributed by atoms with van der Waals surface area (Å²) in [6.45, 7) is 1.45. The standard InChI is InChI=1S/C18H24N4O/c19-11-13-5-7-14(8-6-13)12-21-18(20)22-16-9-10-23-17-4-2-1-3-15(16)17/h1-4,13-14,16H,5-10,12H2,(H3,20,21,22). The molecule has 3 N–H and O–H groups in total. The first-order chi connectivity index (χ1) is 11.3. The van der Waals surface area contributed by atoms with Crippen molar-refractivity contribution < 1.29 is 4.74 Å².